The number of aliphatic carboxylic acids is 1. The zero-order valence-corrected chi connectivity index (χ0v) is 53.6. The lowest BCUT2D eigenvalue weighted by Gasteiger charge is -2.39. The molecule has 2 saturated heterocycles. The third-order valence-corrected chi connectivity index (χ3v) is 19.2. The van der Waals surface area contributed by atoms with Gasteiger partial charge in [0, 0.05) is 60.0 Å². The van der Waals surface area contributed by atoms with Crippen molar-refractivity contribution in [2.75, 3.05) is 30.4 Å². The lowest BCUT2D eigenvalue weighted by molar-refractivity contribution is -0.205. The topological polar surface area (TPSA) is 463 Å². The number of carbonyl (C=O) groups is 9. The number of rotatable bonds is 23. The Hall–Kier alpha value is -6.31. The number of amides is 8. The first-order valence-corrected chi connectivity index (χ1v) is 33.4. The summed E-state index contributed by atoms with van der Waals surface area (Å²) in [5.41, 5.74) is 6.87. The van der Waals surface area contributed by atoms with Crippen LogP contribution in [0, 0.1) is 3.57 Å². The number of carboxylic acid groups (broad SMARTS) is 1. The van der Waals surface area contributed by atoms with Gasteiger partial charge in [0.05, 0.1) is 22.4 Å². The molecule has 4 aromatic rings. The first-order chi connectivity index (χ1) is 42.9. The monoisotopic (exact) mass is 1420 g/mol. The van der Waals surface area contributed by atoms with E-state index in [1.807, 2.05) is 22.6 Å². The number of para-hydroxylation sites is 1. The number of H-pyrrole nitrogens is 1. The van der Waals surface area contributed by atoms with Gasteiger partial charge in [0.15, 0.2) is 6.04 Å². The zero-order chi connectivity index (χ0) is 65.8. The minimum atomic E-state index is -1.89. The van der Waals surface area contributed by atoms with Crippen LogP contribution in [0.15, 0.2) is 79.0 Å². The smallest absolute Gasteiger partial charge is 0.328 e. The summed E-state index contributed by atoms with van der Waals surface area (Å²) < 4.78 is 5.94. The van der Waals surface area contributed by atoms with Crippen LogP contribution in [-0.2, 0) is 67.2 Å². The predicted molar refractivity (Wildman–Crippen MR) is 342 cm³/mol. The number of nitrogens with one attached hydrogen (secondary N) is 9. The molecular weight excluding hydrogens is 1350 g/mol. The number of halogens is 1. The van der Waals surface area contributed by atoms with E-state index in [0.29, 0.717) is 37.6 Å². The number of phenolic OH excluding ortho intramolecular Hbond substituents is 1. The van der Waals surface area contributed by atoms with Crippen molar-refractivity contribution >= 4 is 120 Å². The molecule has 0 unspecified atom stereocenters. The van der Waals surface area contributed by atoms with Crippen molar-refractivity contribution in [3.63, 3.8) is 0 Å². The van der Waals surface area contributed by atoms with E-state index < -0.39 is 162 Å². The molecule has 2 aliphatic rings. The van der Waals surface area contributed by atoms with Gasteiger partial charge in [-0.1, -0.05) is 76.2 Å². The van der Waals surface area contributed by atoms with Crippen LogP contribution in [0.1, 0.15) is 56.2 Å². The highest BCUT2D eigenvalue weighted by molar-refractivity contribution is 14.1. The van der Waals surface area contributed by atoms with E-state index in [4.69, 9.17) is 10.5 Å². The molecule has 0 aliphatic carbocycles. The number of hydrogen-bond acceptors (Lipinski definition) is 21. The molecular formula is C58H77IN10O18S3. The first kappa shape index (κ1) is 72.7. The number of aromatic amines is 1. The van der Waals surface area contributed by atoms with Gasteiger partial charge in [0.2, 0.25) is 47.3 Å². The van der Waals surface area contributed by atoms with Gasteiger partial charge < -0.3 is 98.8 Å². The number of aliphatic hydroxyl groups excluding tert-OH is 6. The summed E-state index contributed by atoms with van der Waals surface area (Å²) in [5.74, 6) is -10.3. The van der Waals surface area contributed by atoms with E-state index >= 15 is 9.59 Å². The number of benzene rings is 3. The van der Waals surface area contributed by atoms with Crippen LogP contribution < -0.4 is 48.3 Å². The van der Waals surface area contributed by atoms with Gasteiger partial charge in [-0.05, 0) is 97.1 Å². The van der Waals surface area contributed by atoms with Crippen LogP contribution in [0.2, 0.25) is 0 Å². The van der Waals surface area contributed by atoms with Crippen molar-refractivity contribution in [3.8, 4) is 5.75 Å². The molecule has 492 valence electrons. The van der Waals surface area contributed by atoms with Crippen molar-refractivity contribution in [1.29, 1.82) is 0 Å². The van der Waals surface area contributed by atoms with E-state index in [-0.39, 0.29) is 56.6 Å². The highest BCUT2D eigenvalue weighted by atomic mass is 127. The van der Waals surface area contributed by atoms with Crippen LogP contribution in [0.3, 0.4) is 0 Å². The quantitative estimate of drug-likeness (QED) is 0.0211. The summed E-state index contributed by atoms with van der Waals surface area (Å²) in [5, 5.41) is 104. The van der Waals surface area contributed by atoms with Crippen LogP contribution >= 0.6 is 55.9 Å². The molecule has 1 aromatic heterocycles. The summed E-state index contributed by atoms with van der Waals surface area (Å²) in [6, 6.07) is 7.06. The minimum absolute atomic E-state index is 0.0555. The second kappa shape index (κ2) is 35.5. The van der Waals surface area contributed by atoms with Gasteiger partial charge >= 0.3 is 5.97 Å². The minimum Gasteiger partial charge on any atom is -0.507 e. The van der Waals surface area contributed by atoms with E-state index in [2.05, 4.69) is 47.5 Å². The SMILES string of the molecule is C[C@@H](O)[C@@H]1NC(=O)[C@H](CCCCN)NC(=O)[C@@H](Cc2c[nH]c3ccccc23)NC(=O)[C@H](Cc2ccc(O)c(I)c2)NC(=O)[C@@H](NC(=O)[C@@H](Cc2ccccc2)NC(=O)CCS[C@@H]2O[C@H](CO)[C@@H](O)[C@H](O)[C@H]2O)CSSC[C@@H](C(=O)N[C@@H](C(=O)O)[C@@H](C)O)NC1=O. The third kappa shape index (κ3) is 21.1. The maximum Gasteiger partial charge on any atom is 0.328 e. The van der Waals surface area contributed by atoms with E-state index in [9.17, 15) is 74.4 Å². The fraction of sp³-hybridized carbons (Fsp3) is 0.500. The van der Waals surface area contributed by atoms with Crippen molar-refractivity contribution in [3.05, 3.63) is 99.3 Å². The van der Waals surface area contributed by atoms with Crippen molar-refractivity contribution in [1.82, 2.24) is 47.5 Å². The van der Waals surface area contributed by atoms with Crippen LogP contribution in [0.5, 0.6) is 5.75 Å². The van der Waals surface area contributed by atoms with E-state index in [1.165, 1.54) is 19.1 Å². The molecule has 28 nitrogen and oxygen atoms in total. The largest absolute Gasteiger partial charge is 0.507 e. The molecule has 3 aromatic carbocycles. The number of thioether (sulfide) groups is 1. The Balaban J connectivity index is 1.40. The summed E-state index contributed by atoms with van der Waals surface area (Å²) in [7, 11) is 1.69. The normalized spacial score (nSPS) is 25.6. The second-order valence-corrected chi connectivity index (χ2v) is 26.6. The molecule has 15 atom stereocenters. The number of fused-ring (bicyclic) bond motifs is 1. The molecule has 90 heavy (non-hydrogen) atoms. The average molecular weight is 1430 g/mol. The molecule has 6 rings (SSSR count). The number of nitrogens with two attached hydrogens (primary N) is 1. The van der Waals surface area contributed by atoms with Gasteiger partial charge in [-0.15, -0.1) is 11.8 Å². The Morgan fingerprint density at radius 2 is 1.42 bits per heavy atom. The number of carboxylic acids is 1. The third-order valence-electron chi connectivity index (χ3n) is 14.7. The number of phenols is 1. The number of carbonyl (C=O) groups excluding carboxylic acids is 8. The average Bonchev–Trinajstić information content (AvgIpc) is 2.52. The Bertz CT molecular complexity index is 3120. The summed E-state index contributed by atoms with van der Waals surface area (Å²) in [6.07, 6.45) is -8.10. The van der Waals surface area contributed by atoms with Crippen molar-refractivity contribution in [2.45, 2.75) is 149 Å². The summed E-state index contributed by atoms with van der Waals surface area (Å²) >= 11 is 2.78. The fourth-order valence-corrected chi connectivity index (χ4v) is 13.7. The number of ether oxygens (including phenoxy) is 1. The number of unbranched alkanes of at least 4 members (excludes halogenated alkanes) is 1. The van der Waals surface area contributed by atoms with Gasteiger partial charge in [0.25, 0.3) is 0 Å². The highest BCUT2D eigenvalue weighted by Crippen LogP contribution is 2.30. The maximum atomic E-state index is 15.1. The number of hydrogen-bond donors (Lipinski definition) is 18. The van der Waals surface area contributed by atoms with Gasteiger partial charge in [0.1, 0.15) is 77.9 Å². The van der Waals surface area contributed by atoms with Crippen LogP contribution in [0.25, 0.3) is 10.9 Å². The second-order valence-electron chi connectivity index (χ2n) is 21.6. The fourth-order valence-electron chi connectivity index (χ4n) is 9.66. The zero-order valence-electron chi connectivity index (χ0n) is 49.0. The molecule has 0 bridgehead atoms. The van der Waals surface area contributed by atoms with Gasteiger partial charge in [-0.25, -0.2) is 4.79 Å². The molecule has 3 heterocycles. The van der Waals surface area contributed by atoms with Gasteiger partial charge in [-0.3, -0.25) is 38.4 Å². The van der Waals surface area contributed by atoms with E-state index in [1.54, 1.807) is 66.9 Å². The molecule has 2 fully saturated rings. The Kier molecular flexibility index (Phi) is 28.7. The van der Waals surface area contributed by atoms with Crippen molar-refractivity contribution in [2.24, 2.45) is 5.73 Å². The van der Waals surface area contributed by atoms with Crippen molar-refractivity contribution < 1.29 is 88.7 Å². The number of aromatic hydroxyl groups is 1. The number of aliphatic hydroxyl groups is 6. The Labute approximate surface area is 543 Å². The highest BCUT2D eigenvalue weighted by Gasteiger charge is 2.44. The lowest BCUT2D eigenvalue weighted by Crippen LogP contribution is -2.62. The molecule has 19 N–H and O–H groups in total. The first-order valence-electron chi connectivity index (χ1n) is 28.8. The lowest BCUT2D eigenvalue weighted by atomic mass is 10.0. The maximum absolute atomic E-state index is 15.1. The standard InChI is InChI=1S/C58H77IN10O18S3/c1-28(71)45-56(84)67-41(55(83)69-46(29(2)72)57(85)86)27-90-89-26-40(66-51(79)37(21-30-10-4-3-5-11-30)62-44(74)17-19-88-58-49(77)48(76)47(75)43(25-70)87-58)54(82)64-38(22-31-15-16-42(73)34(59)20-31)52(80)65-39(23-32-24-61-35-13-7-6-12-33(32)35)53(81)63-36(50(78)68-45)14-8-9-18-60/h3-7,10-13,15-16,20,24,28-29,36-41,43,45-49,58,61,70-73,75-77H,8-9,14,17-19,21-23,25-27,60H2,1-2H3,(H,62,74)(H,63,81)(H,64,82)(H,65,80)(H,66,79)(H,67,84)(H,68,78)(H,69,83)(H,85,86)/t28-,29-,36+,37-,38+,39-,40+,41+,43-,45+,46-,47-,48+,49-,58+/m1/s1. The van der Waals surface area contributed by atoms with Gasteiger partial charge in [-0.2, -0.15) is 0 Å². The van der Waals surface area contributed by atoms with Crippen LogP contribution in [0.4, 0.5) is 0 Å². The molecule has 0 saturated carbocycles. The summed E-state index contributed by atoms with van der Waals surface area (Å²) in [4.78, 5) is 132. The summed E-state index contributed by atoms with van der Waals surface area (Å²) in [6.45, 7) is 1.79. The van der Waals surface area contributed by atoms with Crippen LogP contribution in [-0.4, -0.2) is 220 Å². The molecule has 2 aliphatic heterocycles. The molecule has 8 amide bonds. The Morgan fingerprint density at radius 1 is 0.767 bits per heavy atom. The Morgan fingerprint density at radius 3 is 2.09 bits per heavy atom. The molecule has 32 heteroatoms. The van der Waals surface area contributed by atoms with E-state index in [0.717, 1.165) is 40.3 Å². The number of aromatic nitrogens is 1. The predicted octanol–water partition coefficient (Wildman–Crippen LogP) is -2.32. The molecule has 0 radical (unpaired) electrons. The molecule has 0 spiro atoms.